The highest BCUT2D eigenvalue weighted by atomic mass is 32.1. The molecule has 2 heterocycles. The van der Waals surface area contributed by atoms with Crippen molar-refractivity contribution in [3.8, 4) is 17.2 Å². The average molecular weight is 424 g/mol. The van der Waals surface area contributed by atoms with Crippen molar-refractivity contribution in [2.75, 3.05) is 33.2 Å². The number of para-hydroxylation sites is 2. The lowest BCUT2D eigenvalue weighted by Crippen LogP contribution is -2.44. The minimum Gasteiger partial charge on any atom is -0.497 e. The number of methoxy groups -OCH3 is 3. The van der Waals surface area contributed by atoms with E-state index < -0.39 is 0 Å². The van der Waals surface area contributed by atoms with Gasteiger partial charge in [-0.25, -0.2) is 0 Å². The van der Waals surface area contributed by atoms with Gasteiger partial charge in [0.05, 0.1) is 27.0 Å². The molecule has 0 saturated carbocycles. The van der Waals surface area contributed by atoms with Gasteiger partial charge in [0.2, 0.25) is 0 Å². The SMILES string of the molecule is COc1ccc(OC)c([C@@H]2c3cccn3CCN2C(=S)Nc2ccccc2OC)c1. The Hall–Kier alpha value is -3.19. The second kappa shape index (κ2) is 8.67. The third-order valence-electron chi connectivity index (χ3n) is 5.38. The van der Waals surface area contributed by atoms with Crippen LogP contribution in [0, 0.1) is 0 Å². The number of hydrogen-bond donors (Lipinski definition) is 1. The smallest absolute Gasteiger partial charge is 0.174 e. The molecule has 0 aliphatic carbocycles. The number of aromatic nitrogens is 1. The van der Waals surface area contributed by atoms with Gasteiger partial charge in [-0.3, -0.25) is 0 Å². The molecule has 1 aliphatic heterocycles. The van der Waals surface area contributed by atoms with Gasteiger partial charge >= 0.3 is 0 Å². The summed E-state index contributed by atoms with van der Waals surface area (Å²) in [5.74, 6) is 2.31. The maximum atomic E-state index is 5.86. The highest BCUT2D eigenvalue weighted by molar-refractivity contribution is 7.80. The predicted octanol–water partition coefficient (Wildman–Crippen LogP) is 4.32. The third-order valence-corrected chi connectivity index (χ3v) is 5.72. The molecule has 1 N–H and O–H groups in total. The fraction of sp³-hybridized carbons (Fsp3) is 0.261. The lowest BCUT2D eigenvalue weighted by molar-refractivity contribution is 0.284. The van der Waals surface area contributed by atoms with E-state index in [1.165, 1.54) is 0 Å². The van der Waals surface area contributed by atoms with Crippen molar-refractivity contribution < 1.29 is 14.2 Å². The van der Waals surface area contributed by atoms with Gasteiger partial charge < -0.3 is 29.0 Å². The molecular formula is C23H25N3O3S. The molecule has 4 rings (SSSR count). The zero-order valence-corrected chi connectivity index (χ0v) is 18.1. The number of nitrogens with zero attached hydrogens (tertiary/aromatic N) is 2. The number of ether oxygens (including phenoxy) is 3. The molecule has 0 radical (unpaired) electrons. The molecule has 7 heteroatoms. The van der Waals surface area contributed by atoms with Gasteiger partial charge in [0.15, 0.2) is 5.11 Å². The first-order valence-electron chi connectivity index (χ1n) is 9.74. The number of fused-ring (bicyclic) bond motifs is 1. The molecule has 0 spiro atoms. The molecular weight excluding hydrogens is 398 g/mol. The Morgan fingerprint density at radius 3 is 2.50 bits per heavy atom. The topological polar surface area (TPSA) is 47.9 Å². The normalized spacial score (nSPS) is 15.3. The highest BCUT2D eigenvalue weighted by Crippen LogP contribution is 2.39. The van der Waals surface area contributed by atoms with Crippen molar-refractivity contribution >= 4 is 23.0 Å². The summed E-state index contributed by atoms with van der Waals surface area (Å²) in [6.07, 6.45) is 2.10. The van der Waals surface area contributed by atoms with E-state index in [0.29, 0.717) is 5.11 Å². The highest BCUT2D eigenvalue weighted by Gasteiger charge is 2.33. The predicted molar refractivity (Wildman–Crippen MR) is 122 cm³/mol. The molecule has 1 atom stereocenters. The minimum atomic E-state index is -0.117. The minimum absolute atomic E-state index is 0.117. The third kappa shape index (κ3) is 3.68. The fourth-order valence-corrected chi connectivity index (χ4v) is 4.22. The Balaban J connectivity index is 1.75. The van der Waals surface area contributed by atoms with Crippen LogP contribution in [0.25, 0.3) is 0 Å². The molecule has 1 aromatic heterocycles. The number of thiocarbonyl (C=S) groups is 1. The standard InChI is InChI=1S/C23H25N3O3S/c1-27-16-10-11-20(28-2)17(15-16)22-19-8-6-12-25(19)13-14-26(22)23(30)24-18-7-4-5-9-21(18)29-3/h4-12,15,22H,13-14H2,1-3H3,(H,24,30)/t22-/m1/s1. The van der Waals surface area contributed by atoms with Crippen LogP contribution in [-0.2, 0) is 6.54 Å². The van der Waals surface area contributed by atoms with E-state index in [2.05, 4.69) is 33.1 Å². The molecule has 6 nitrogen and oxygen atoms in total. The van der Waals surface area contributed by atoms with E-state index in [-0.39, 0.29) is 6.04 Å². The molecule has 156 valence electrons. The first-order chi connectivity index (χ1) is 14.7. The Morgan fingerprint density at radius 1 is 0.933 bits per heavy atom. The van der Waals surface area contributed by atoms with Crippen LogP contribution >= 0.6 is 12.2 Å². The number of benzene rings is 2. The van der Waals surface area contributed by atoms with Gasteiger partial charge in [0.25, 0.3) is 0 Å². The zero-order chi connectivity index (χ0) is 21.1. The van der Waals surface area contributed by atoms with Crippen LogP contribution in [0.3, 0.4) is 0 Å². The fourth-order valence-electron chi connectivity index (χ4n) is 3.92. The second-order valence-electron chi connectivity index (χ2n) is 6.96. The molecule has 0 amide bonds. The summed E-state index contributed by atoms with van der Waals surface area (Å²) in [5, 5.41) is 4.00. The molecule has 1 aliphatic rings. The van der Waals surface area contributed by atoms with Crippen molar-refractivity contribution in [3.63, 3.8) is 0 Å². The van der Waals surface area contributed by atoms with Crippen molar-refractivity contribution in [1.82, 2.24) is 9.47 Å². The van der Waals surface area contributed by atoms with E-state index in [0.717, 1.165) is 47.3 Å². The summed E-state index contributed by atoms with van der Waals surface area (Å²) < 4.78 is 18.9. The van der Waals surface area contributed by atoms with Crippen LogP contribution in [0.1, 0.15) is 17.3 Å². The van der Waals surface area contributed by atoms with Gasteiger partial charge in [-0.05, 0) is 54.7 Å². The summed E-state index contributed by atoms with van der Waals surface area (Å²) >= 11 is 5.86. The lowest BCUT2D eigenvalue weighted by atomic mass is 9.99. The van der Waals surface area contributed by atoms with Gasteiger partial charge in [-0.2, -0.15) is 0 Å². The van der Waals surface area contributed by atoms with Gasteiger partial charge in [-0.1, -0.05) is 12.1 Å². The Morgan fingerprint density at radius 2 is 1.73 bits per heavy atom. The molecule has 0 saturated heterocycles. The van der Waals surface area contributed by atoms with Crippen molar-refractivity contribution in [1.29, 1.82) is 0 Å². The quantitative estimate of drug-likeness (QED) is 0.617. The average Bonchev–Trinajstić information content (AvgIpc) is 3.27. The van der Waals surface area contributed by atoms with Crippen LogP contribution in [0.5, 0.6) is 17.2 Å². The Bertz CT molecular complexity index is 1050. The van der Waals surface area contributed by atoms with Crippen LogP contribution in [0.2, 0.25) is 0 Å². The number of rotatable bonds is 5. The summed E-state index contributed by atoms with van der Waals surface area (Å²) in [6, 6.07) is 17.7. The van der Waals surface area contributed by atoms with Crippen LogP contribution < -0.4 is 19.5 Å². The van der Waals surface area contributed by atoms with E-state index in [1.54, 1.807) is 21.3 Å². The summed E-state index contributed by atoms with van der Waals surface area (Å²) in [6.45, 7) is 1.60. The van der Waals surface area contributed by atoms with Gasteiger partial charge in [0, 0.05) is 30.5 Å². The summed E-state index contributed by atoms with van der Waals surface area (Å²) in [5.41, 5.74) is 2.99. The summed E-state index contributed by atoms with van der Waals surface area (Å²) in [4.78, 5) is 2.19. The van der Waals surface area contributed by atoms with Crippen LogP contribution in [0.15, 0.2) is 60.8 Å². The zero-order valence-electron chi connectivity index (χ0n) is 17.3. The number of anilines is 1. The molecule has 3 aromatic rings. The van der Waals surface area contributed by atoms with Gasteiger partial charge in [0.1, 0.15) is 23.3 Å². The second-order valence-corrected chi connectivity index (χ2v) is 7.35. The Labute approximate surface area is 182 Å². The van der Waals surface area contributed by atoms with E-state index in [9.17, 15) is 0 Å². The van der Waals surface area contributed by atoms with Crippen LogP contribution in [-0.4, -0.2) is 42.5 Å². The molecule has 0 fully saturated rings. The molecule has 30 heavy (non-hydrogen) atoms. The van der Waals surface area contributed by atoms with E-state index in [1.807, 2.05) is 42.5 Å². The van der Waals surface area contributed by atoms with Crippen molar-refractivity contribution in [3.05, 3.63) is 72.1 Å². The molecule has 2 aromatic carbocycles. The molecule has 0 unspecified atom stereocenters. The van der Waals surface area contributed by atoms with Crippen molar-refractivity contribution in [2.45, 2.75) is 12.6 Å². The number of hydrogen-bond acceptors (Lipinski definition) is 4. The van der Waals surface area contributed by atoms with E-state index >= 15 is 0 Å². The monoisotopic (exact) mass is 423 g/mol. The first kappa shape index (κ1) is 20.1. The maximum absolute atomic E-state index is 5.86. The van der Waals surface area contributed by atoms with Gasteiger partial charge in [-0.15, -0.1) is 0 Å². The van der Waals surface area contributed by atoms with E-state index in [4.69, 9.17) is 26.4 Å². The van der Waals surface area contributed by atoms with Crippen LogP contribution in [0.4, 0.5) is 5.69 Å². The number of nitrogens with one attached hydrogen (secondary N) is 1. The first-order valence-corrected chi connectivity index (χ1v) is 10.1. The lowest BCUT2D eigenvalue weighted by Gasteiger charge is -2.39. The Kier molecular flexibility index (Phi) is 5.81. The largest absolute Gasteiger partial charge is 0.497 e. The summed E-state index contributed by atoms with van der Waals surface area (Å²) in [7, 11) is 5.00. The molecule has 0 bridgehead atoms. The maximum Gasteiger partial charge on any atom is 0.174 e. The van der Waals surface area contributed by atoms with Crippen molar-refractivity contribution in [2.24, 2.45) is 0 Å².